The first-order chi connectivity index (χ1) is 14.9. The summed E-state index contributed by atoms with van der Waals surface area (Å²) in [6.07, 6.45) is 5.55. The molecule has 0 N–H and O–H groups in total. The highest BCUT2D eigenvalue weighted by Crippen LogP contribution is 2.36. The van der Waals surface area contributed by atoms with E-state index in [9.17, 15) is 0 Å². The molecule has 0 saturated carbocycles. The Morgan fingerprint density at radius 2 is 1.84 bits per heavy atom. The Morgan fingerprint density at radius 1 is 1.03 bits per heavy atom. The van der Waals surface area contributed by atoms with Crippen LogP contribution < -0.4 is 4.90 Å². The first kappa shape index (κ1) is 21.4. The van der Waals surface area contributed by atoms with Crippen LogP contribution in [0.2, 0.25) is 0 Å². The van der Waals surface area contributed by atoms with Gasteiger partial charge in [-0.3, -0.25) is 4.68 Å². The summed E-state index contributed by atoms with van der Waals surface area (Å²) < 4.78 is 5.12. The molecule has 2 aromatic heterocycles. The van der Waals surface area contributed by atoms with Gasteiger partial charge in [-0.25, -0.2) is 4.98 Å². The lowest BCUT2D eigenvalue weighted by molar-refractivity contribution is 0.634. The monoisotopic (exact) mass is 477 g/mol. The van der Waals surface area contributed by atoms with Crippen molar-refractivity contribution >= 4 is 27.3 Å². The van der Waals surface area contributed by atoms with Gasteiger partial charge in [-0.15, -0.1) is 0 Å². The third-order valence-electron chi connectivity index (χ3n) is 5.81. The van der Waals surface area contributed by atoms with Gasteiger partial charge in [-0.2, -0.15) is 5.10 Å². The molecular weight excluding hydrogens is 450 g/mol. The van der Waals surface area contributed by atoms with Crippen LogP contribution >= 0.6 is 15.9 Å². The predicted octanol–water partition coefficient (Wildman–Crippen LogP) is 6.60. The molecule has 0 amide bonds. The summed E-state index contributed by atoms with van der Waals surface area (Å²) in [5.74, 6) is 0. The fourth-order valence-electron chi connectivity index (χ4n) is 4.25. The van der Waals surface area contributed by atoms with Crippen molar-refractivity contribution in [2.45, 2.75) is 41.2 Å². The molecule has 0 spiro atoms. The van der Waals surface area contributed by atoms with Gasteiger partial charge in [0.2, 0.25) is 0 Å². The highest BCUT2D eigenvalue weighted by atomic mass is 79.9. The van der Waals surface area contributed by atoms with Crippen molar-refractivity contribution in [3.8, 4) is 16.8 Å². The number of hydrogen-bond donors (Lipinski definition) is 0. The topological polar surface area (TPSA) is 38.9 Å². The van der Waals surface area contributed by atoms with E-state index in [0.29, 0.717) is 0 Å². The van der Waals surface area contributed by atoms with Gasteiger partial charge in [0.25, 0.3) is 0 Å². The van der Waals surface area contributed by atoms with Crippen LogP contribution in [0.4, 0.5) is 11.4 Å². The lowest BCUT2D eigenvalue weighted by Gasteiger charge is -2.26. The Hall–Kier alpha value is -2.86. The van der Waals surface area contributed by atoms with Crippen LogP contribution in [0.3, 0.4) is 0 Å². The highest BCUT2D eigenvalue weighted by Gasteiger charge is 2.17. The van der Waals surface area contributed by atoms with Gasteiger partial charge >= 0.3 is 0 Å². The number of anilines is 2. The SMILES string of the molecule is CCN(c1ccc(-n2ccnc2)c(Br)c1)c1cc(-c2c(C)nn(CC)c2C)ccc1C. The molecule has 2 aromatic carbocycles. The largest absolute Gasteiger partial charge is 0.342 e. The Bertz CT molecular complexity index is 1210. The molecule has 0 atom stereocenters. The van der Waals surface area contributed by atoms with Crippen molar-refractivity contribution in [2.75, 3.05) is 11.4 Å². The lowest BCUT2D eigenvalue weighted by Crippen LogP contribution is -2.17. The van der Waals surface area contributed by atoms with Gasteiger partial charge in [0.1, 0.15) is 0 Å². The number of aromatic nitrogens is 4. The summed E-state index contributed by atoms with van der Waals surface area (Å²) in [5, 5.41) is 4.72. The van der Waals surface area contributed by atoms with E-state index < -0.39 is 0 Å². The second kappa shape index (κ2) is 8.71. The molecule has 0 saturated heterocycles. The Labute approximate surface area is 192 Å². The molecule has 160 valence electrons. The van der Waals surface area contributed by atoms with E-state index in [2.05, 4.69) is 102 Å². The van der Waals surface area contributed by atoms with Crippen LogP contribution in [0.15, 0.2) is 59.6 Å². The summed E-state index contributed by atoms with van der Waals surface area (Å²) in [4.78, 5) is 6.52. The maximum absolute atomic E-state index is 4.72. The van der Waals surface area contributed by atoms with Crippen molar-refractivity contribution in [1.82, 2.24) is 19.3 Å². The van der Waals surface area contributed by atoms with Gasteiger partial charge in [-0.1, -0.05) is 12.1 Å². The molecule has 6 heteroatoms. The van der Waals surface area contributed by atoms with E-state index >= 15 is 0 Å². The van der Waals surface area contributed by atoms with Crippen LogP contribution in [0.25, 0.3) is 16.8 Å². The molecule has 0 aliphatic rings. The van der Waals surface area contributed by atoms with Gasteiger partial charge in [-0.05, 0) is 85.9 Å². The third-order valence-corrected chi connectivity index (χ3v) is 6.45. The summed E-state index contributed by atoms with van der Waals surface area (Å²) >= 11 is 3.75. The summed E-state index contributed by atoms with van der Waals surface area (Å²) in [6.45, 7) is 12.5. The van der Waals surface area contributed by atoms with E-state index in [-0.39, 0.29) is 0 Å². The molecule has 4 rings (SSSR count). The molecule has 0 bridgehead atoms. The number of rotatable bonds is 6. The van der Waals surface area contributed by atoms with Crippen LogP contribution in [0.1, 0.15) is 30.8 Å². The van der Waals surface area contributed by atoms with E-state index in [4.69, 9.17) is 5.10 Å². The quantitative estimate of drug-likeness (QED) is 0.313. The second-order valence-electron chi connectivity index (χ2n) is 7.71. The molecule has 2 heterocycles. The number of aryl methyl sites for hydroxylation is 3. The number of halogens is 1. The Kier molecular flexibility index (Phi) is 6.01. The summed E-state index contributed by atoms with van der Waals surface area (Å²) in [7, 11) is 0. The van der Waals surface area contributed by atoms with Gasteiger partial charge < -0.3 is 9.47 Å². The zero-order valence-electron chi connectivity index (χ0n) is 18.7. The third kappa shape index (κ3) is 3.92. The average molecular weight is 478 g/mol. The van der Waals surface area contributed by atoms with Crippen LogP contribution in [-0.2, 0) is 6.54 Å². The number of nitrogens with zero attached hydrogens (tertiary/aromatic N) is 5. The van der Waals surface area contributed by atoms with Crippen LogP contribution in [0, 0.1) is 20.8 Å². The van der Waals surface area contributed by atoms with E-state index in [1.165, 1.54) is 28.1 Å². The smallest absolute Gasteiger partial charge is 0.0992 e. The first-order valence-electron chi connectivity index (χ1n) is 10.6. The van der Waals surface area contributed by atoms with Crippen molar-refractivity contribution < 1.29 is 0 Å². The normalized spacial score (nSPS) is 11.2. The highest BCUT2D eigenvalue weighted by molar-refractivity contribution is 9.10. The van der Waals surface area contributed by atoms with Crippen molar-refractivity contribution in [3.05, 3.63) is 76.5 Å². The molecule has 5 nitrogen and oxygen atoms in total. The molecule has 31 heavy (non-hydrogen) atoms. The molecule has 0 aliphatic carbocycles. The predicted molar refractivity (Wildman–Crippen MR) is 131 cm³/mol. The molecule has 0 radical (unpaired) electrons. The minimum absolute atomic E-state index is 0.868. The zero-order valence-corrected chi connectivity index (χ0v) is 20.3. The van der Waals surface area contributed by atoms with Crippen LogP contribution in [0.5, 0.6) is 0 Å². The minimum Gasteiger partial charge on any atom is -0.342 e. The number of imidazole rings is 1. The Balaban J connectivity index is 1.77. The van der Waals surface area contributed by atoms with Crippen molar-refractivity contribution in [2.24, 2.45) is 0 Å². The fraction of sp³-hybridized carbons (Fsp3) is 0.280. The first-order valence-corrected chi connectivity index (χ1v) is 11.4. The van der Waals surface area contributed by atoms with E-state index in [0.717, 1.165) is 34.6 Å². The minimum atomic E-state index is 0.868. The maximum Gasteiger partial charge on any atom is 0.0992 e. The summed E-state index contributed by atoms with van der Waals surface area (Å²) in [6, 6.07) is 13.2. The molecule has 0 fully saturated rings. The maximum atomic E-state index is 4.72. The molecule has 0 unspecified atom stereocenters. The van der Waals surface area contributed by atoms with E-state index in [1.807, 2.05) is 17.1 Å². The van der Waals surface area contributed by atoms with Gasteiger partial charge in [0, 0.05) is 52.6 Å². The van der Waals surface area contributed by atoms with Crippen LogP contribution in [-0.4, -0.2) is 25.9 Å². The van der Waals surface area contributed by atoms with Gasteiger partial charge in [0.15, 0.2) is 0 Å². The molecule has 4 aromatic rings. The molecule has 0 aliphatic heterocycles. The van der Waals surface area contributed by atoms with E-state index in [1.54, 1.807) is 6.20 Å². The van der Waals surface area contributed by atoms with Crippen molar-refractivity contribution in [3.63, 3.8) is 0 Å². The van der Waals surface area contributed by atoms with Gasteiger partial charge in [0.05, 0.1) is 17.7 Å². The lowest BCUT2D eigenvalue weighted by atomic mass is 10.00. The average Bonchev–Trinajstić information content (AvgIpc) is 3.38. The second-order valence-corrected chi connectivity index (χ2v) is 8.57. The standard InChI is InChI=1S/C25H28BrN5/c1-6-30(21-10-11-23(22(26)15-21)29-13-12-27-16-29)24-14-20(9-8-17(24)3)25-18(4)28-31(7-2)19(25)5/h8-16H,6-7H2,1-5H3. The zero-order chi connectivity index (χ0) is 22.1. The number of benzene rings is 2. The molecular formula is C25H28BrN5. The fourth-order valence-corrected chi connectivity index (χ4v) is 4.82. The number of hydrogen-bond acceptors (Lipinski definition) is 3. The summed E-state index contributed by atoms with van der Waals surface area (Å²) in [5.41, 5.74) is 9.41. The Morgan fingerprint density at radius 3 is 2.45 bits per heavy atom. The van der Waals surface area contributed by atoms with Crippen molar-refractivity contribution in [1.29, 1.82) is 0 Å².